The lowest BCUT2D eigenvalue weighted by Crippen LogP contribution is -2.49. The van der Waals surface area contributed by atoms with Crippen molar-refractivity contribution >= 4 is 5.91 Å². The van der Waals surface area contributed by atoms with Crippen LogP contribution in [-0.4, -0.2) is 63.8 Å². The number of ether oxygens (including phenoxy) is 1. The number of nitrogens with zero attached hydrogens (tertiary/aromatic N) is 3. The van der Waals surface area contributed by atoms with E-state index in [9.17, 15) is 14.7 Å². The van der Waals surface area contributed by atoms with Crippen LogP contribution in [0.4, 0.5) is 0 Å². The van der Waals surface area contributed by atoms with Crippen molar-refractivity contribution in [2.75, 3.05) is 26.2 Å². The second-order valence-electron chi connectivity index (χ2n) is 9.41. The van der Waals surface area contributed by atoms with E-state index in [1.165, 1.54) is 0 Å². The maximum atomic E-state index is 13.3. The largest absolute Gasteiger partial charge is 0.453 e. The maximum absolute atomic E-state index is 13.3. The van der Waals surface area contributed by atoms with Crippen molar-refractivity contribution in [3.05, 3.63) is 57.4 Å². The maximum Gasteiger partial charge on any atom is 0.289 e. The van der Waals surface area contributed by atoms with Crippen molar-refractivity contribution in [3.8, 4) is 0 Å². The Morgan fingerprint density at radius 2 is 2.00 bits per heavy atom. The van der Waals surface area contributed by atoms with E-state index in [4.69, 9.17) is 9.15 Å². The quantitative estimate of drug-likeness (QED) is 0.791. The number of rotatable bonds is 4. The summed E-state index contributed by atoms with van der Waals surface area (Å²) in [5.41, 5.74) is 2.01. The summed E-state index contributed by atoms with van der Waals surface area (Å²) in [7, 11) is 0. The zero-order chi connectivity index (χ0) is 21.1. The van der Waals surface area contributed by atoms with Crippen LogP contribution in [0.5, 0.6) is 0 Å². The van der Waals surface area contributed by atoms with Gasteiger partial charge in [-0.1, -0.05) is 6.07 Å². The fourth-order valence-electron chi connectivity index (χ4n) is 5.90. The van der Waals surface area contributed by atoms with Crippen LogP contribution in [0.15, 0.2) is 33.5 Å². The van der Waals surface area contributed by atoms with Gasteiger partial charge in [0.15, 0.2) is 5.76 Å². The molecule has 6 rings (SSSR count). The number of hydrogen-bond donors (Lipinski definition) is 1. The number of fused-ring (bicyclic) bond motifs is 6. The minimum Gasteiger partial charge on any atom is -0.453 e. The summed E-state index contributed by atoms with van der Waals surface area (Å²) in [6.07, 6.45) is 2.40. The van der Waals surface area contributed by atoms with E-state index in [0.29, 0.717) is 44.1 Å². The molecule has 0 aromatic carbocycles. The molecule has 0 spiro atoms. The standard InChI is InChI=1S/C23H27N3O5/c27-12-18-2-4-21(31-18)23(29)25-7-14-5-16(10-25)20-3-1-15(22(28)26(20)8-14)9-24-11-19-6-17(24)13-30-19/h1-4,14,16-17,19,27H,5-13H2/t14-,16+,17-,19-/m0/s1. The van der Waals surface area contributed by atoms with E-state index in [2.05, 4.69) is 11.0 Å². The Labute approximate surface area is 180 Å². The molecule has 8 nitrogen and oxygen atoms in total. The summed E-state index contributed by atoms with van der Waals surface area (Å²) >= 11 is 0. The Hall–Kier alpha value is -2.42. The molecule has 4 aliphatic rings. The Balaban J connectivity index is 1.22. The predicted octanol–water partition coefficient (Wildman–Crippen LogP) is 1.17. The molecular formula is C23H27N3O5. The molecule has 3 saturated heterocycles. The Morgan fingerprint density at radius 1 is 1.10 bits per heavy atom. The highest BCUT2D eigenvalue weighted by atomic mass is 16.5. The number of furan rings is 1. The van der Waals surface area contributed by atoms with Gasteiger partial charge in [0, 0.05) is 55.9 Å². The second-order valence-corrected chi connectivity index (χ2v) is 9.41. The monoisotopic (exact) mass is 425 g/mol. The van der Waals surface area contributed by atoms with Crippen molar-refractivity contribution in [2.24, 2.45) is 5.92 Å². The SMILES string of the molecule is O=C(c1ccc(CO)o1)N1C[C@@H]2C[C@H](C1)c1ccc(CN3C[C@@H]4C[C@H]3CO4)c(=O)n1C2. The topological polar surface area (TPSA) is 88.2 Å². The Bertz CT molecular complexity index is 1080. The summed E-state index contributed by atoms with van der Waals surface area (Å²) in [5, 5.41) is 9.19. The van der Waals surface area contributed by atoms with Gasteiger partial charge >= 0.3 is 0 Å². The fourth-order valence-corrected chi connectivity index (χ4v) is 5.90. The summed E-state index contributed by atoms with van der Waals surface area (Å²) < 4.78 is 13.1. The van der Waals surface area contributed by atoms with E-state index >= 15 is 0 Å². The van der Waals surface area contributed by atoms with Gasteiger partial charge in [-0.25, -0.2) is 0 Å². The summed E-state index contributed by atoms with van der Waals surface area (Å²) in [6, 6.07) is 7.78. The highest BCUT2D eigenvalue weighted by Gasteiger charge is 2.40. The number of piperidine rings is 1. The molecular weight excluding hydrogens is 398 g/mol. The van der Waals surface area contributed by atoms with Crippen LogP contribution < -0.4 is 5.56 Å². The summed E-state index contributed by atoms with van der Waals surface area (Å²) in [4.78, 5) is 30.4. The van der Waals surface area contributed by atoms with Crippen LogP contribution in [0.1, 0.15) is 46.3 Å². The molecule has 1 amide bonds. The van der Waals surface area contributed by atoms with Crippen LogP contribution in [-0.2, 0) is 24.4 Å². The Kier molecular flexibility index (Phi) is 4.55. The highest BCUT2D eigenvalue weighted by molar-refractivity contribution is 5.91. The van der Waals surface area contributed by atoms with E-state index < -0.39 is 0 Å². The molecule has 4 bridgehead atoms. The summed E-state index contributed by atoms with van der Waals surface area (Å²) in [6.45, 7) is 4.01. The number of pyridine rings is 1. The average Bonchev–Trinajstić information content (AvgIpc) is 3.52. The number of amides is 1. The lowest BCUT2D eigenvalue weighted by molar-refractivity contribution is 0.0270. The van der Waals surface area contributed by atoms with Crippen LogP contribution in [0, 0.1) is 5.92 Å². The number of aliphatic hydroxyl groups excluding tert-OH is 1. The van der Waals surface area contributed by atoms with Crippen LogP contribution in [0.3, 0.4) is 0 Å². The number of aromatic nitrogens is 1. The average molecular weight is 425 g/mol. The first-order valence-electron chi connectivity index (χ1n) is 11.2. The van der Waals surface area contributed by atoms with E-state index in [0.717, 1.165) is 37.3 Å². The smallest absolute Gasteiger partial charge is 0.289 e. The molecule has 4 aliphatic heterocycles. The van der Waals surface area contributed by atoms with E-state index in [1.54, 1.807) is 12.1 Å². The molecule has 0 saturated carbocycles. The lowest BCUT2D eigenvalue weighted by atomic mass is 9.83. The molecule has 8 heteroatoms. The third kappa shape index (κ3) is 3.24. The minimum atomic E-state index is -0.219. The summed E-state index contributed by atoms with van der Waals surface area (Å²) in [5.74, 6) is 0.921. The van der Waals surface area contributed by atoms with Gasteiger partial charge < -0.3 is 23.7 Å². The number of likely N-dealkylation sites (tertiary alicyclic amines) is 2. The molecule has 31 heavy (non-hydrogen) atoms. The molecule has 0 unspecified atom stereocenters. The molecule has 164 valence electrons. The zero-order valence-corrected chi connectivity index (χ0v) is 17.4. The number of carbonyl (C=O) groups is 1. The first-order valence-corrected chi connectivity index (χ1v) is 11.2. The van der Waals surface area contributed by atoms with E-state index in [1.807, 2.05) is 15.5 Å². The first kappa shape index (κ1) is 19.3. The number of morpholine rings is 1. The molecule has 1 N–H and O–H groups in total. The third-order valence-electron chi connectivity index (χ3n) is 7.39. The van der Waals surface area contributed by atoms with Gasteiger partial charge in [0.05, 0.1) is 12.7 Å². The van der Waals surface area contributed by atoms with Crippen LogP contribution in [0.2, 0.25) is 0 Å². The predicted molar refractivity (Wildman–Crippen MR) is 111 cm³/mol. The first-order chi connectivity index (χ1) is 15.1. The van der Waals surface area contributed by atoms with E-state index in [-0.39, 0.29) is 35.7 Å². The molecule has 6 heterocycles. The minimum absolute atomic E-state index is 0.120. The van der Waals surface area contributed by atoms with Crippen LogP contribution in [0.25, 0.3) is 0 Å². The molecule has 0 aliphatic carbocycles. The molecule has 3 fully saturated rings. The van der Waals surface area contributed by atoms with Crippen molar-refractivity contribution in [2.45, 2.75) is 50.6 Å². The van der Waals surface area contributed by atoms with Gasteiger partial charge in [-0.05, 0) is 37.0 Å². The lowest BCUT2D eigenvalue weighted by Gasteiger charge is -2.42. The van der Waals surface area contributed by atoms with Crippen LogP contribution >= 0.6 is 0 Å². The van der Waals surface area contributed by atoms with Gasteiger partial charge in [0.1, 0.15) is 12.4 Å². The van der Waals surface area contributed by atoms with Gasteiger partial charge in [0.25, 0.3) is 11.5 Å². The van der Waals surface area contributed by atoms with Gasteiger partial charge in [-0.3, -0.25) is 14.5 Å². The second kappa shape index (κ2) is 7.32. The normalized spacial score (nSPS) is 29.4. The molecule has 4 atom stereocenters. The highest BCUT2D eigenvalue weighted by Crippen LogP contribution is 2.36. The Morgan fingerprint density at radius 3 is 2.74 bits per heavy atom. The van der Waals surface area contributed by atoms with Crippen molar-refractivity contribution in [3.63, 3.8) is 0 Å². The molecule has 2 aromatic heterocycles. The number of hydrogen-bond acceptors (Lipinski definition) is 6. The number of carbonyl (C=O) groups excluding carboxylic acids is 1. The zero-order valence-electron chi connectivity index (χ0n) is 17.4. The van der Waals surface area contributed by atoms with Crippen molar-refractivity contribution < 1.29 is 19.1 Å². The molecule has 0 radical (unpaired) electrons. The number of aliphatic hydroxyl groups is 1. The fraction of sp³-hybridized carbons (Fsp3) is 0.565. The third-order valence-corrected chi connectivity index (χ3v) is 7.39. The van der Waals surface area contributed by atoms with Gasteiger partial charge in [-0.15, -0.1) is 0 Å². The van der Waals surface area contributed by atoms with Gasteiger partial charge in [0.2, 0.25) is 0 Å². The van der Waals surface area contributed by atoms with Crippen molar-refractivity contribution in [1.29, 1.82) is 0 Å². The molecule has 2 aromatic rings. The van der Waals surface area contributed by atoms with Gasteiger partial charge in [-0.2, -0.15) is 0 Å². The van der Waals surface area contributed by atoms with Crippen molar-refractivity contribution in [1.82, 2.24) is 14.4 Å².